The van der Waals surface area contributed by atoms with Crippen molar-refractivity contribution in [2.75, 3.05) is 19.7 Å². The van der Waals surface area contributed by atoms with Gasteiger partial charge in [-0.2, -0.15) is 5.10 Å². The van der Waals surface area contributed by atoms with Crippen LogP contribution in [0, 0.1) is 0 Å². The van der Waals surface area contributed by atoms with Gasteiger partial charge in [-0.15, -0.1) is 0 Å². The van der Waals surface area contributed by atoms with Crippen LogP contribution in [-0.2, 0) is 16.1 Å². The van der Waals surface area contributed by atoms with Gasteiger partial charge in [0.1, 0.15) is 0 Å². The van der Waals surface area contributed by atoms with Crippen molar-refractivity contribution in [2.45, 2.75) is 19.1 Å². The number of hydrogen-bond acceptors (Lipinski definition) is 4. The number of morpholine rings is 1. The van der Waals surface area contributed by atoms with E-state index >= 15 is 0 Å². The Labute approximate surface area is 117 Å². The van der Waals surface area contributed by atoms with Crippen LogP contribution < -0.4 is 10.6 Å². The van der Waals surface area contributed by atoms with Crippen LogP contribution in [0.3, 0.4) is 0 Å². The highest BCUT2D eigenvalue weighted by Crippen LogP contribution is 2.09. The lowest BCUT2D eigenvalue weighted by atomic mass is 10.2. The summed E-state index contributed by atoms with van der Waals surface area (Å²) in [7, 11) is 0. The normalized spacial score (nSPS) is 19.1. The summed E-state index contributed by atoms with van der Waals surface area (Å²) in [4.78, 5) is 11.9. The average Bonchev–Trinajstić information content (AvgIpc) is 2.89. The molecule has 3 rings (SSSR count). The van der Waals surface area contributed by atoms with E-state index in [2.05, 4.69) is 15.7 Å². The minimum absolute atomic E-state index is 0.00832. The Balaban J connectivity index is 1.54. The van der Waals surface area contributed by atoms with Crippen LogP contribution in [0.5, 0.6) is 0 Å². The third-order valence-corrected chi connectivity index (χ3v) is 3.40. The quantitative estimate of drug-likeness (QED) is 0.843. The van der Waals surface area contributed by atoms with Crippen LogP contribution in [0.25, 0.3) is 5.52 Å². The van der Waals surface area contributed by atoms with Crippen LogP contribution in [0.2, 0.25) is 0 Å². The van der Waals surface area contributed by atoms with Gasteiger partial charge in [-0.1, -0.05) is 6.07 Å². The maximum atomic E-state index is 11.9. The van der Waals surface area contributed by atoms with Crippen molar-refractivity contribution in [1.82, 2.24) is 20.2 Å². The molecule has 0 radical (unpaired) electrons. The monoisotopic (exact) mass is 274 g/mol. The fourth-order valence-electron chi connectivity index (χ4n) is 2.35. The number of amides is 1. The van der Waals surface area contributed by atoms with Gasteiger partial charge in [0.2, 0.25) is 5.91 Å². The first-order chi connectivity index (χ1) is 9.83. The molecule has 1 aliphatic rings. The molecule has 0 aliphatic carbocycles. The van der Waals surface area contributed by atoms with Gasteiger partial charge in [0.05, 0.1) is 30.8 Å². The van der Waals surface area contributed by atoms with E-state index in [1.807, 2.05) is 24.4 Å². The summed E-state index contributed by atoms with van der Waals surface area (Å²) in [6.45, 7) is 2.77. The molecule has 1 amide bonds. The molecule has 2 aromatic rings. The topological polar surface area (TPSA) is 67.7 Å². The van der Waals surface area contributed by atoms with Gasteiger partial charge >= 0.3 is 0 Å². The van der Waals surface area contributed by atoms with Crippen LogP contribution in [0.4, 0.5) is 0 Å². The Morgan fingerprint density at radius 2 is 2.50 bits per heavy atom. The van der Waals surface area contributed by atoms with Gasteiger partial charge in [0, 0.05) is 31.4 Å². The summed E-state index contributed by atoms with van der Waals surface area (Å²) in [5, 5.41) is 10.4. The Morgan fingerprint density at radius 3 is 3.35 bits per heavy atom. The summed E-state index contributed by atoms with van der Waals surface area (Å²) >= 11 is 0. The van der Waals surface area contributed by atoms with Crippen molar-refractivity contribution in [1.29, 1.82) is 0 Å². The average molecular weight is 274 g/mol. The first kappa shape index (κ1) is 13.1. The van der Waals surface area contributed by atoms with Gasteiger partial charge in [-0.3, -0.25) is 4.79 Å². The van der Waals surface area contributed by atoms with Crippen LogP contribution in [0.15, 0.2) is 30.6 Å². The van der Waals surface area contributed by atoms with E-state index in [4.69, 9.17) is 4.74 Å². The molecule has 2 N–H and O–H groups in total. The molecule has 0 unspecified atom stereocenters. The molecule has 1 aliphatic heterocycles. The van der Waals surface area contributed by atoms with Crippen molar-refractivity contribution in [3.63, 3.8) is 0 Å². The highest BCUT2D eigenvalue weighted by molar-refractivity contribution is 5.76. The third-order valence-electron chi connectivity index (χ3n) is 3.40. The lowest BCUT2D eigenvalue weighted by Crippen LogP contribution is -2.41. The number of fused-ring (bicyclic) bond motifs is 1. The predicted molar refractivity (Wildman–Crippen MR) is 74.3 cm³/mol. The van der Waals surface area contributed by atoms with Gasteiger partial charge in [0.25, 0.3) is 0 Å². The predicted octanol–water partition coefficient (Wildman–Crippen LogP) is 0.329. The first-order valence-corrected chi connectivity index (χ1v) is 6.83. The van der Waals surface area contributed by atoms with Crippen molar-refractivity contribution >= 4 is 11.4 Å². The summed E-state index contributed by atoms with van der Waals surface area (Å²) in [6.07, 6.45) is 4.05. The smallest absolute Gasteiger partial charge is 0.222 e. The molecule has 106 valence electrons. The molecule has 1 fully saturated rings. The second-order valence-corrected chi connectivity index (χ2v) is 4.88. The van der Waals surface area contributed by atoms with E-state index in [1.165, 1.54) is 0 Å². The zero-order chi connectivity index (χ0) is 13.8. The maximum absolute atomic E-state index is 11.9. The Bertz CT molecular complexity index is 590. The number of pyridine rings is 1. The molecular weight excluding hydrogens is 256 g/mol. The molecular formula is C14H18N4O2. The fraction of sp³-hybridized carbons (Fsp3) is 0.429. The van der Waals surface area contributed by atoms with Crippen molar-refractivity contribution in [3.05, 3.63) is 36.2 Å². The Hall–Kier alpha value is -1.92. The summed E-state index contributed by atoms with van der Waals surface area (Å²) in [6, 6.07) is 5.88. The number of hydrogen-bond donors (Lipinski definition) is 2. The molecule has 0 aromatic carbocycles. The second kappa shape index (κ2) is 6.02. The lowest BCUT2D eigenvalue weighted by Gasteiger charge is -2.22. The highest BCUT2D eigenvalue weighted by Gasteiger charge is 2.17. The molecule has 0 bridgehead atoms. The molecule has 20 heavy (non-hydrogen) atoms. The van der Waals surface area contributed by atoms with E-state index in [1.54, 1.807) is 10.7 Å². The fourth-order valence-corrected chi connectivity index (χ4v) is 2.35. The van der Waals surface area contributed by atoms with E-state index in [0.29, 0.717) is 19.6 Å². The first-order valence-electron chi connectivity index (χ1n) is 6.83. The summed E-state index contributed by atoms with van der Waals surface area (Å²) in [5.74, 6) is 0.00832. The molecule has 0 saturated carbocycles. The summed E-state index contributed by atoms with van der Waals surface area (Å²) < 4.78 is 7.32. The number of nitrogens with one attached hydrogen (secondary N) is 2. The Morgan fingerprint density at radius 1 is 1.55 bits per heavy atom. The van der Waals surface area contributed by atoms with Crippen molar-refractivity contribution < 1.29 is 9.53 Å². The number of rotatable bonds is 4. The third kappa shape index (κ3) is 2.97. The minimum Gasteiger partial charge on any atom is -0.375 e. The standard InChI is InChI=1S/C14H18N4O2/c19-14(7-12-10-15-4-6-20-12)16-8-11-9-17-18-5-2-1-3-13(11)18/h1-3,5,9,12,15H,4,6-8,10H2,(H,16,19)/t12-/m0/s1. The zero-order valence-electron chi connectivity index (χ0n) is 11.2. The van der Waals surface area contributed by atoms with E-state index in [9.17, 15) is 4.79 Å². The maximum Gasteiger partial charge on any atom is 0.222 e. The number of nitrogens with zero attached hydrogens (tertiary/aromatic N) is 2. The molecule has 6 nitrogen and oxygen atoms in total. The molecule has 0 spiro atoms. The molecule has 6 heteroatoms. The number of carbonyl (C=O) groups is 1. The van der Waals surface area contributed by atoms with Crippen molar-refractivity contribution in [3.8, 4) is 0 Å². The lowest BCUT2D eigenvalue weighted by molar-refractivity contribution is -0.124. The molecule has 1 atom stereocenters. The largest absolute Gasteiger partial charge is 0.375 e. The van der Waals surface area contributed by atoms with Gasteiger partial charge in [-0.05, 0) is 12.1 Å². The minimum atomic E-state index is -0.0207. The summed E-state index contributed by atoms with van der Waals surface area (Å²) in [5.41, 5.74) is 2.03. The number of aromatic nitrogens is 2. The Kier molecular flexibility index (Phi) is 3.94. The van der Waals surface area contributed by atoms with Crippen LogP contribution in [0.1, 0.15) is 12.0 Å². The van der Waals surface area contributed by atoms with Crippen molar-refractivity contribution in [2.24, 2.45) is 0 Å². The molecule has 3 heterocycles. The van der Waals surface area contributed by atoms with Gasteiger partial charge in [-0.25, -0.2) is 4.52 Å². The van der Waals surface area contributed by atoms with Gasteiger partial charge < -0.3 is 15.4 Å². The molecule has 1 saturated heterocycles. The number of ether oxygens (including phenoxy) is 1. The SMILES string of the molecule is O=C(C[C@H]1CNCCO1)NCc1cnn2ccccc12. The highest BCUT2D eigenvalue weighted by atomic mass is 16.5. The zero-order valence-corrected chi connectivity index (χ0v) is 11.2. The van der Waals surface area contributed by atoms with Crippen LogP contribution >= 0.6 is 0 Å². The molecule has 2 aromatic heterocycles. The van der Waals surface area contributed by atoms with Gasteiger partial charge in [0.15, 0.2) is 0 Å². The number of carbonyl (C=O) groups excluding carboxylic acids is 1. The second-order valence-electron chi connectivity index (χ2n) is 4.88. The van der Waals surface area contributed by atoms with E-state index in [0.717, 1.165) is 24.2 Å². The van der Waals surface area contributed by atoms with Crippen LogP contribution in [-0.4, -0.2) is 41.3 Å². The van der Waals surface area contributed by atoms with E-state index in [-0.39, 0.29) is 12.0 Å². The van der Waals surface area contributed by atoms with E-state index < -0.39 is 0 Å².